The monoisotopic (exact) mass is 500 g/mol. The van der Waals surface area contributed by atoms with Crippen LogP contribution in [-0.4, -0.2) is 52.4 Å². The highest BCUT2D eigenvalue weighted by molar-refractivity contribution is 14.0. The fraction of sp³-hybridized carbons (Fsp3) is 0.400. The molecule has 1 aromatic heterocycles. The van der Waals surface area contributed by atoms with Crippen molar-refractivity contribution in [2.24, 2.45) is 4.99 Å². The molecule has 154 valence electrons. The third-order valence-electron chi connectivity index (χ3n) is 4.10. The van der Waals surface area contributed by atoms with Crippen LogP contribution in [0.2, 0.25) is 0 Å². The number of aromatic nitrogens is 1. The van der Waals surface area contributed by atoms with Crippen molar-refractivity contribution >= 4 is 29.9 Å². The van der Waals surface area contributed by atoms with Gasteiger partial charge in [0.1, 0.15) is 0 Å². The minimum absolute atomic E-state index is 0. The zero-order valence-electron chi connectivity index (χ0n) is 16.8. The third kappa shape index (κ3) is 6.74. The van der Waals surface area contributed by atoms with Gasteiger partial charge in [0.25, 0.3) is 0 Å². The molecule has 0 bridgehead atoms. The molecule has 0 saturated heterocycles. The summed E-state index contributed by atoms with van der Waals surface area (Å²) in [5, 5.41) is 6.61. The zero-order chi connectivity index (χ0) is 19.5. The number of nitrogens with one attached hydrogen (secondary N) is 2. The van der Waals surface area contributed by atoms with E-state index in [9.17, 15) is 0 Å². The van der Waals surface area contributed by atoms with Crippen molar-refractivity contribution in [1.29, 1.82) is 0 Å². The van der Waals surface area contributed by atoms with Crippen molar-refractivity contribution < 1.29 is 14.2 Å². The maximum Gasteiger partial charge on any atom is 0.203 e. The van der Waals surface area contributed by atoms with Gasteiger partial charge in [-0.15, -0.1) is 24.0 Å². The van der Waals surface area contributed by atoms with E-state index in [1.165, 1.54) is 0 Å². The molecule has 0 amide bonds. The van der Waals surface area contributed by atoms with E-state index >= 15 is 0 Å². The number of rotatable bonds is 9. The highest BCUT2D eigenvalue weighted by Gasteiger charge is 2.15. The van der Waals surface area contributed by atoms with Gasteiger partial charge in [-0.25, -0.2) is 0 Å². The molecule has 8 heteroatoms. The van der Waals surface area contributed by atoms with E-state index in [4.69, 9.17) is 14.2 Å². The van der Waals surface area contributed by atoms with Crippen LogP contribution >= 0.6 is 24.0 Å². The molecular weight excluding hydrogens is 471 g/mol. The molecule has 2 N–H and O–H groups in total. The summed E-state index contributed by atoms with van der Waals surface area (Å²) in [5.41, 5.74) is 2.09. The number of pyridine rings is 1. The van der Waals surface area contributed by atoms with Crippen molar-refractivity contribution in [3.63, 3.8) is 0 Å². The van der Waals surface area contributed by atoms with Crippen molar-refractivity contribution in [2.75, 3.05) is 41.5 Å². The molecule has 0 saturated carbocycles. The maximum atomic E-state index is 5.52. The summed E-state index contributed by atoms with van der Waals surface area (Å²) in [6, 6.07) is 9.79. The van der Waals surface area contributed by atoms with E-state index in [0.717, 1.165) is 36.6 Å². The number of aliphatic imine (C=N–C) groups is 1. The topological polar surface area (TPSA) is 77.0 Å². The second-order valence-corrected chi connectivity index (χ2v) is 5.74. The fourth-order valence-electron chi connectivity index (χ4n) is 2.75. The Morgan fingerprint density at radius 2 is 1.64 bits per heavy atom. The first-order valence-corrected chi connectivity index (χ1v) is 8.85. The molecule has 28 heavy (non-hydrogen) atoms. The zero-order valence-corrected chi connectivity index (χ0v) is 19.2. The lowest BCUT2D eigenvalue weighted by Gasteiger charge is -2.16. The van der Waals surface area contributed by atoms with Crippen molar-refractivity contribution in [2.45, 2.75) is 12.8 Å². The highest BCUT2D eigenvalue weighted by atomic mass is 127. The first kappa shape index (κ1) is 23.8. The van der Waals surface area contributed by atoms with Gasteiger partial charge < -0.3 is 24.8 Å². The molecule has 0 unspecified atom stereocenters. The first-order valence-electron chi connectivity index (χ1n) is 8.85. The molecule has 0 radical (unpaired) electrons. The Hall–Kier alpha value is -2.23. The fourth-order valence-corrected chi connectivity index (χ4v) is 2.75. The van der Waals surface area contributed by atoms with Crippen LogP contribution in [0.1, 0.15) is 11.3 Å². The van der Waals surface area contributed by atoms with Crippen LogP contribution in [0.15, 0.2) is 41.5 Å². The van der Waals surface area contributed by atoms with Gasteiger partial charge in [0.15, 0.2) is 17.5 Å². The van der Waals surface area contributed by atoms with E-state index < -0.39 is 0 Å². The van der Waals surface area contributed by atoms with Crippen LogP contribution in [0, 0.1) is 0 Å². The molecule has 1 heterocycles. The van der Waals surface area contributed by atoms with Gasteiger partial charge in [-0.2, -0.15) is 0 Å². The van der Waals surface area contributed by atoms with E-state index in [0.29, 0.717) is 23.8 Å². The number of methoxy groups -OCH3 is 3. The lowest BCUT2D eigenvalue weighted by Crippen LogP contribution is -2.39. The van der Waals surface area contributed by atoms with Gasteiger partial charge in [0, 0.05) is 44.0 Å². The Kier molecular flexibility index (Phi) is 11.1. The molecule has 0 aliphatic rings. The van der Waals surface area contributed by atoms with Crippen molar-refractivity contribution in [3.8, 4) is 17.2 Å². The van der Waals surface area contributed by atoms with Crippen LogP contribution in [-0.2, 0) is 12.8 Å². The normalized spacial score (nSPS) is 10.6. The van der Waals surface area contributed by atoms with Crippen LogP contribution in [0.3, 0.4) is 0 Å². The predicted molar refractivity (Wildman–Crippen MR) is 123 cm³/mol. The minimum Gasteiger partial charge on any atom is -0.493 e. The van der Waals surface area contributed by atoms with Gasteiger partial charge in [0.2, 0.25) is 5.75 Å². The van der Waals surface area contributed by atoms with E-state index in [2.05, 4.69) is 20.6 Å². The summed E-state index contributed by atoms with van der Waals surface area (Å²) in [4.78, 5) is 8.57. The Balaban J connectivity index is 0.00000392. The molecule has 0 atom stereocenters. The number of guanidine groups is 1. The SMILES string of the molecule is CN=C(NCCc1ccccn1)NCCc1ccc(OC)c(OC)c1OC.I. The van der Waals surface area contributed by atoms with Gasteiger partial charge in [-0.3, -0.25) is 9.98 Å². The Labute approximate surface area is 183 Å². The molecule has 2 rings (SSSR count). The van der Waals surface area contributed by atoms with Gasteiger partial charge in [0.05, 0.1) is 21.3 Å². The second-order valence-electron chi connectivity index (χ2n) is 5.74. The van der Waals surface area contributed by atoms with Gasteiger partial charge in [-0.1, -0.05) is 12.1 Å². The highest BCUT2D eigenvalue weighted by Crippen LogP contribution is 2.39. The average molecular weight is 500 g/mol. The lowest BCUT2D eigenvalue weighted by atomic mass is 10.1. The number of ether oxygens (including phenoxy) is 3. The predicted octanol–water partition coefficient (Wildman–Crippen LogP) is 2.68. The number of hydrogen-bond donors (Lipinski definition) is 2. The third-order valence-corrected chi connectivity index (χ3v) is 4.10. The minimum atomic E-state index is 0. The smallest absolute Gasteiger partial charge is 0.203 e. The lowest BCUT2D eigenvalue weighted by molar-refractivity contribution is 0.322. The maximum absolute atomic E-state index is 5.52. The summed E-state index contributed by atoms with van der Waals surface area (Å²) in [5.74, 6) is 2.70. The number of halogens is 1. The summed E-state index contributed by atoms with van der Waals surface area (Å²) in [6.07, 6.45) is 3.40. The van der Waals surface area contributed by atoms with E-state index in [1.807, 2.05) is 30.3 Å². The molecule has 0 spiro atoms. The molecule has 0 aliphatic carbocycles. The molecular formula is C20H29IN4O3. The van der Waals surface area contributed by atoms with Gasteiger partial charge >= 0.3 is 0 Å². The second kappa shape index (κ2) is 13.0. The summed E-state index contributed by atoms with van der Waals surface area (Å²) in [7, 11) is 6.61. The standard InChI is InChI=1S/C20H28N4O3.HI/c1-21-20(24-14-11-16-7-5-6-12-22-16)23-13-10-15-8-9-17(25-2)19(27-4)18(15)26-3;/h5-9,12H,10-11,13-14H2,1-4H3,(H2,21,23,24);1H. The first-order chi connectivity index (χ1) is 13.2. The molecule has 2 aromatic rings. The molecule has 0 fully saturated rings. The van der Waals surface area contributed by atoms with E-state index in [1.54, 1.807) is 34.6 Å². The van der Waals surface area contributed by atoms with Crippen LogP contribution in [0.25, 0.3) is 0 Å². The van der Waals surface area contributed by atoms with Gasteiger partial charge in [-0.05, 0) is 24.6 Å². The largest absolute Gasteiger partial charge is 0.493 e. The van der Waals surface area contributed by atoms with Crippen molar-refractivity contribution in [3.05, 3.63) is 47.8 Å². The summed E-state index contributed by atoms with van der Waals surface area (Å²) >= 11 is 0. The van der Waals surface area contributed by atoms with Crippen LogP contribution in [0.5, 0.6) is 17.2 Å². The molecule has 0 aliphatic heterocycles. The Morgan fingerprint density at radius 3 is 2.21 bits per heavy atom. The number of nitrogens with zero attached hydrogens (tertiary/aromatic N) is 2. The average Bonchev–Trinajstić information content (AvgIpc) is 2.72. The Morgan fingerprint density at radius 1 is 0.929 bits per heavy atom. The molecule has 1 aromatic carbocycles. The van der Waals surface area contributed by atoms with Crippen molar-refractivity contribution in [1.82, 2.24) is 15.6 Å². The Bertz CT molecular complexity index is 742. The summed E-state index contributed by atoms with van der Waals surface area (Å²) < 4.78 is 16.3. The van der Waals surface area contributed by atoms with Crippen LogP contribution < -0.4 is 24.8 Å². The van der Waals surface area contributed by atoms with E-state index in [-0.39, 0.29) is 24.0 Å². The molecule has 7 nitrogen and oxygen atoms in total. The number of hydrogen-bond acceptors (Lipinski definition) is 5. The summed E-state index contributed by atoms with van der Waals surface area (Å²) in [6.45, 7) is 1.46. The number of benzene rings is 1. The quantitative estimate of drug-likeness (QED) is 0.313. The van der Waals surface area contributed by atoms with Crippen LogP contribution in [0.4, 0.5) is 0 Å².